The maximum absolute atomic E-state index is 14.2. The van der Waals surface area contributed by atoms with Crippen molar-refractivity contribution in [3.05, 3.63) is 179 Å². The second-order valence-corrected chi connectivity index (χ2v) is 15.7. The van der Waals surface area contributed by atoms with Crippen molar-refractivity contribution in [2.45, 2.75) is 77.7 Å². The van der Waals surface area contributed by atoms with Gasteiger partial charge in [0.2, 0.25) is 11.9 Å². The second-order valence-electron chi connectivity index (χ2n) is 15.7. The Kier molecular flexibility index (Phi) is 21.4. The van der Waals surface area contributed by atoms with E-state index < -0.39 is 54.3 Å². The fraction of sp³-hybridized carbons (Fsp3) is 0.269. The van der Waals surface area contributed by atoms with Crippen LogP contribution < -0.4 is 16.0 Å². The molecule has 5 amide bonds. The van der Waals surface area contributed by atoms with Crippen LogP contribution in [0, 0.1) is 10.8 Å². The minimum atomic E-state index is -1.37. The van der Waals surface area contributed by atoms with Crippen molar-refractivity contribution < 1.29 is 52.5 Å². The number of rotatable bonds is 22. The average molecular weight is 956 g/mol. The predicted octanol–water partition coefficient (Wildman–Crippen LogP) is 8.21. The van der Waals surface area contributed by atoms with E-state index in [9.17, 15) is 28.8 Å². The van der Waals surface area contributed by atoms with Crippen molar-refractivity contribution in [2.75, 3.05) is 13.1 Å². The number of hydrogen-bond donors (Lipinski definition) is 5. The molecule has 0 aromatic heterocycles. The fourth-order valence-corrected chi connectivity index (χ4v) is 6.64. The van der Waals surface area contributed by atoms with Crippen molar-refractivity contribution >= 4 is 48.0 Å². The van der Waals surface area contributed by atoms with Gasteiger partial charge < -0.3 is 34.3 Å². The van der Waals surface area contributed by atoms with E-state index in [-0.39, 0.29) is 77.6 Å². The number of amides is 5. The molecule has 0 fully saturated rings. The van der Waals surface area contributed by atoms with E-state index in [2.05, 4.69) is 16.0 Å². The predicted molar refractivity (Wildman–Crippen MR) is 258 cm³/mol. The number of esters is 1. The molecule has 366 valence electrons. The van der Waals surface area contributed by atoms with Gasteiger partial charge in [-0.3, -0.25) is 25.8 Å². The molecule has 18 nitrogen and oxygen atoms in total. The van der Waals surface area contributed by atoms with Gasteiger partial charge in [0.15, 0.2) is 0 Å². The summed E-state index contributed by atoms with van der Waals surface area (Å²) >= 11 is 0. The quantitative estimate of drug-likeness (QED) is 0.0192. The van der Waals surface area contributed by atoms with E-state index >= 15 is 0 Å². The maximum atomic E-state index is 14.2. The van der Waals surface area contributed by atoms with Crippen LogP contribution in [0.4, 0.5) is 19.2 Å². The Labute approximate surface area is 406 Å². The summed E-state index contributed by atoms with van der Waals surface area (Å²) in [5, 5.41) is 24.5. The number of carbonyl (C=O) groups excluding carboxylic acids is 6. The smallest absolute Gasteiger partial charge is 0.416 e. The van der Waals surface area contributed by atoms with Crippen LogP contribution >= 0.6 is 0 Å². The molecule has 2 atom stereocenters. The molecular formula is C52H57N7O11. The van der Waals surface area contributed by atoms with Crippen molar-refractivity contribution in [3.63, 3.8) is 0 Å². The number of carbonyl (C=O) groups is 6. The SMILES string of the molecule is CC(=N)N(CCC[C@H](NC(=O)OCc1ccccc1)C(=O)N[C@@H](CCCN(C(=N)NC(=O)OCc1ccccc1)C(=O)OCc1ccccc1)C(=O)OCc1ccccc1)C(=O)OCc1ccccc1. The summed E-state index contributed by atoms with van der Waals surface area (Å²) in [7, 11) is 0. The number of guanidine groups is 1. The second kappa shape index (κ2) is 28.6. The third-order valence-corrected chi connectivity index (χ3v) is 10.4. The lowest BCUT2D eigenvalue weighted by Gasteiger charge is -2.25. The van der Waals surface area contributed by atoms with Crippen molar-refractivity contribution in [1.82, 2.24) is 25.8 Å². The lowest BCUT2D eigenvalue weighted by molar-refractivity contribution is -0.149. The molecule has 0 aliphatic rings. The van der Waals surface area contributed by atoms with Crippen LogP contribution in [0.5, 0.6) is 0 Å². The molecule has 5 N–H and O–H groups in total. The first kappa shape index (κ1) is 52.4. The first-order chi connectivity index (χ1) is 33.9. The molecule has 0 saturated carbocycles. The van der Waals surface area contributed by atoms with Crippen LogP contribution in [-0.4, -0.2) is 83.0 Å². The molecule has 0 aliphatic heterocycles. The Bertz CT molecular complexity index is 2470. The molecule has 0 bridgehead atoms. The number of amidine groups is 1. The fourth-order valence-electron chi connectivity index (χ4n) is 6.64. The lowest BCUT2D eigenvalue weighted by Crippen LogP contribution is -2.52. The van der Waals surface area contributed by atoms with Gasteiger partial charge in [-0.1, -0.05) is 152 Å². The lowest BCUT2D eigenvalue weighted by atomic mass is 10.1. The van der Waals surface area contributed by atoms with Gasteiger partial charge in [-0.15, -0.1) is 0 Å². The van der Waals surface area contributed by atoms with Gasteiger partial charge in [0, 0.05) is 13.1 Å². The molecule has 5 aromatic carbocycles. The molecule has 0 saturated heterocycles. The third-order valence-electron chi connectivity index (χ3n) is 10.4. The Morgan fingerprint density at radius 3 is 1.24 bits per heavy atom. The number of nitrogens with one attached hydrogen (secondary N) is 5. The minimum Gasteiger partial charge on any atom is -0.459 e. The largest absolute Gasteiger partial charge is 0.459 e. The van der Waals surface area contributed by atoms with Crippen LogP contribution in [0.1, 0.15) is 60.4 Å². The number of nitrogens with zero attached hydrogens (tertiary/aromatic N) is 2. The molecule has 70 heavy (non-hydrogen) atoms. The van der Waals surface area contributed by atoms with Crippen LogP contribution in [0.15, 0.2) is 152 Å². The number of ether oxygens (including phenoxy) is 5. The highest BCUT2D eigenvalue weighted by molar-refractivity contribution is 5.99. The Morgan fingerprint density at radius 1 is 0.457 bits per heavy atom. The van der Waals surface area contributed by atoms with Crippen LogP contribution in [0.25, 0.3) is 0 Å². The molecule has 0 heterocycles. The Hall–Kier alpha value is -8.54. The standard InChI is InChI=1S/C52H57N7O11/c1-38(53)58(51(64)69-36-42-25-13-5-14-26-42)31-17-29-44(56-49(62)67-34-40-21-9-3-10-22-40)46(60)55-45(47(61)66-33-39-19-7-2-8-20-39)30-18-32-59(52(65)70-37-43-27-15-6-16-28-43)48(54)57-50(63)68-35-41-23-11-4-12-24-41/h2-16,19-28,44-45,53H,17-18,29-37H2,1H3,(H,55,60)(H,56,62)(H2,54,57,63)/t44-,45-/m0/s1. The highest BCUT2D eigenvalue weighted by atomic mass is 16.6. The molecular weight excluding hydrogens is 899 g/mol. The third kappa shape index (κ3) is 18.6. The first-order valence-corrected chi connectivity index (χ1v) is 22.5. The zero-order chi connectivity index (χ0) is 49.9. The zero-order valence-corrected chi connectivity index (χ0v) is 38.8. The zero-order valence-electron chi connectivity index (χ0n) is 38.8. The molecule has 0 aliphatic carbocycles. The molecule has 5 rings (SSSR count). The van der Waals surface area contributed by atoms with Gasteiger partial charge >= 0.3 is 30.3 Å². The Morgan fingerprint density at radius 2 is 0.814 bits per heavy atom. The number of hydrogen-bond acceptors (Lipinski definition) is 13. The van der Waals surface area contributed by atoms with Gasteiger partial charge in [0.1, 0.15) is 51.0 Å². The summed E-state index contributed by atoms with van der Waals surface area (Å²) in [6, 6.07) is 41.7. The van der Waals surface area contributed by atoms with Gasteiger partial charge in [-0.2, -0.15) is 0 Å². The van der Waals surface area contributed by atoms with E-state index in [0.29, 0.717) is 22.3 Å². The van der Waals surface area contributed by atoms with Crippen LogP contribution in [-0.2, 0) is 66.3 Å². The Balaban J connectivity index is 1.30. The van der Waals surface area contributed by atoms with E-state index in [1.807, 2.05) is 18.2 Å². The normalized spacial score (nSPS) is 11.3. The summed E-state index contributed by atoms with van der Waals surface area (Å²) in [5.41, 5.74) is 3.46. The van der Waals surface area contributed by atoms with E-state index in [4.69, 9.17) is 34.5 Å². The first-order valence-electron chi connectivity index (χ1n) is 22.5. The van der Waals surface area contributed by atoms with E-state index in [1.54, 1.807) is 133 Å². The minimum absolute atomic E-state index is 0.0311. The van der Waals surface area contributed by atoms with Crippen LogP contribution in [0.3, 0.4) is 0 Å². The van der Waals surface area contributed by atoms with Gasteiger partial charge in [0.25, 0.3) is 0 Å². The van der Waals surface area contributed by atoms with Crippen molar-refractivity contribution in [3.8, 4) is 0 Å². The number of benzene rings is 5. The summed E-state index contributed by atoms with van der Waals surface area (Å²) < 4.78 is 27.3. The summed E-state index contributed by atoms with van der Waals surface area (Å²) in [6.45, 7) is 0.532. The van der Waals surface area contributed by atoms with Crippen molar-refractivity contribution in [1.29, 1.82) is 10.8 Å². The van der Waals surface area contributed by atoms with Crippen LogP contribution in [0.2, 0.25) is 0 Å². The van der Waals surface area contributed by atoms with E-state index in [1.165, 1.54) is 6.92 Å². The highest BCUT2D eigenvalue weighted by Gasteiger charge is 2.30. The van der Waals surface area contributed by atoms with Gasteiger partial charge in [-0.05, 0) is 60.4 Å². The monoisotopic (exact) mass is 955 g/mol. The highest BCUT2D eigenvalue weighted by Crippen LogP contribution is 2.13. The topological polar surface area (TPSA) is 239 Å². The molecule has 5 aromatic rings. The summed E-state index contributed by atoms with van der Waals surface area (Å²) in [6.07, 6.45) is -3.92. The average Bonchev–Trinajstić information content (AvgIpc) is 3.38. The molecule has 18 heteroatoms. The maximum Gasteiger partial charge on any atom is 0.416 e. The van der Waals surface area contributed by atoms with E-state index in [0.717, 1.165) is 15.4 Å². The molecule has 0 spiro atoms. The number of alkyl carbamates (subject to hydrolysis) is 2. The van der Waals surface area contributed by atoms with Gasteiger partial charge in [0.05, 0.1) is 0 Å². The van der Waals surface area contributed by atoms with Gasteiger partial charge in [-0.25, -0.2) is 28.9 Å². The van der Waals surface area contributed by atoms with Crippen molar-refractivity contribution in [2.24, 2.45) is 0 Å². The molecule has 0 unspecified atom stereocenters. The summed E-state index contributed by atoms with van der Waals surface area (Å²) in [4.78, 5) is 82.7. The summed E-state index contributed by atoms with van der Waals surface area (Å²) in [5.74, 6) is -2.43. The molecule has 0 radical (unpaired) electrons.